The first kappa shape index (κ1) is 24.8. The Bertz CT molecular complexity index is 1370. The number of likely N-dealkylation sites (tertiary alicyclic amines) is 1. The van der Waals surface area contributed by atoms with Gasteiger partial charge in [-0.25, -0.2) is 18.4 Å². The molecule has 0 spiro atoms. The van der Waals surface area contributed by atoms with Gasteiger partial charge < -0.3 is 5.73 Å². The van der Waals surface area contributed by atoms with E-state index in [1.165, 1.54) is 5.56 Å². The number of aromatic nitrogens is 3. The van der Waals surface area contributed by atoms with E-state index in [1.54, 1.807) is 11.6 Å². The molecule has 1 aromatic heterocycles. The molecule has 2 N–H and O–H groups in total. The first-order valence-corrected chi connectivity index (χ1v) is 12.4. The Kier molecular flexibility index (Phi) is 6.84. The number of halogens is 2. The molecule has 6 nitrogen and oxygen atoms in total. The third kappa shape index (κ3) is 5.91. The number of carbonyl (C=O) groups is 1. The predicted molar refractivity (Wildman–Crippen MR) is 139 cm³/mol. The number of aryl methyl sites for hydroxylation is 1. The monoisotopic (exact) mass is 501 g/mol. The molecule has 0 saturated carbocycles. The van der Waals surface area contributed by atoms with Gasteiger partial charge in [-0.15, -0.1) is 5.10 Å². The van der Waals surface area contributed by atoms with Crippen LogP contribution < -0.4 is 5.73 Å². The smallest absolute Gasteiger partial charge is 0.288 e. The number of nitrogens with two attached hydrogens (primary N) is 1. The molecule has 37 heavy (non-hydrogen) atoms. The molecule has 8 heteroatoms. The SMILES string of the molecule is Cc1nc(C(N)=O)nn1-c1ccc(Cc2ccc(-c3ccc(CN4CCC(F)(F)CC4)cc3)cc2)cc1. The van der Waals surface area contributed by atoms with E-state index in [1.807, 2.05) is 24.3 Å². The molecule has 1 fully saturated rings. The quantitative estimate of drug-likeness (QED) is 0.379. The summed E-state index contributed by atoms with van der Waals surface area (Å²) in [5.41, 5.74) is 11.9. The maximum absolute atomic E-state index is 13.4. The number of rotatable bonds is 7. The van der Waals surface area contributed by atoms with Crippen LogP contribution in [0.4, 0.5) is 8.78 Å². The van der Waals surface area contributed by atoms with Crippen LogP contribution in [-0.2, 0) is 13.0 Å². The molecule has 0 bridgehead atoms. The number of nitrogens with zero attached hydrogens (tertiary/aromatic N) is 4. The number of primary amides is 1. The topological polar surface area (TPSA) is 77.0 Å². The van der Waals surface area contributed by atoms with Crippen molar-refractivity contribution in [2.45, 2.75) is 38.7 Å². The molecule has 1 aliphatic heterocycles. The summed E-state index contributed by atoms with van der Waals surface area (Å²) >= 11 is 0. The number of hydrogen-bond acceptors (Lipinski definition) is 4. The van der Waals surface area contributed by atoms with Crippen molar-refractivity contribution in [3.8, 4) is 16.8 Å². The lowest BCUT2D eigenvalue weighted by Crippen LogP contribution is -2.38. The zero-order valence-corrected chi connectivity index (χ0v) is 20.7. The van der Waals surface area contributed by atoms with Gasteiger partial charge in [0.25, 0.3) is 11.8 Å². The van der Waals surface area contributed by atoms with E-state index >= 15 is 0 Å². The molecule has 0 atom stereocenters. The minimum absolute atomic E-state index is 0.00523. The molecule has 0 aliphatic carbocycles. The van der Waals surface area contributed by atoms with E-state index in [-0.39, 0.29) is 18.7 Å². The third-order valence-corrected chi connectivity index (χ3v) is 6.81. The summed E-state index contributed by atoms with van der Waals surface area (Å²) in [5.74, 6) is -2.55. The minimum atomic E-state index is -2.51. The van der Waals surface area contributed by atoms with E-state index < -0.39 is 11.8 Å². The normalized spacial score (nSPS) is 15.5. The maximum atomic E-state index is 13.4. The number of carbonyl (C=O) groups excluding carboxylic acids is 1. The van der Waals surface area contributed by atoms with E-state index in [9.17, 15) is 13.6 Å². The fourth-order valence-corrected chi connectivity index (χ4v) is 4.64. The molecule has 1 saturated heterocycles. The Morgan fingerprint density at radius 1 is 0.865 bits per heavy atom. The van der Waals surface area contributed by atoms with Crippen molar-refractivity contribution in [2.75, 3.05) is 13.1 Å². The Morgan fingerprint density at radius 3 is 1.89 bits per heavy atom. The van der Waals surface area contributed by atoms with Crippen molar-refractivity contribution < 1.29 is 13.6 Å². The number of benzene rings is 3. The molecule has 0 radical (unpaired) electrons. The summed E-state index contributed by atoms with van der Waals surface area (Å²) in [5, 5.41) is 4.17. The van der Waals surface area contributed by atoms with Gasteiger partial charge in [-0.1, -0.05) is 60.7 Å². The van der Waals surface area contributed by atoms with Crippen LogP contribution in [0.15, 0.2) is 72.8 Å². The van der Waals surface area contributed by atoms with E-state index in [0.717, 1.165) is 34.4 Å². The Labute approximate surface area is 214 Å². The number of amides is 1. The summed E-state index contributed by atoms with van der Waals surface area (Å²) in [6, 6.07) is 24.8. The maximum Gasteiger partial charge on any atom is 0.288 e. The number of alkyl halides is 2. The lowest BCUT2D eigenvalue weighted by molar-refractivity contribution is -0.0566. The highest BCUT2D eigenvalue weighted by Crippen LogP contribution is 2.29. The first-order chi connectivity index (χ1) is 17.8. The van der Waals surface area contributed by atoms with Gasteiger partial charge >= 0.3 is 0 Å². The van der Waals surface area contributed by atoms with E-state index in [0.29, 0.717) is 25.5 Å². The minimum Gasteiger partial charge on any atom is -0.363 e. The van der Waals surface area contributed by atoms with Crippen LogP contribution in [0.2, 0.25) is 0 Å². The molecule has 0 unspecified atom stereocenters. The largest absolute Gasteiger partial charge is 0.363 e. The van der Waals surface area contributed by atoms with Crippen LogP contribution in [0.5, 0.6) is 0 Å². The van der Waals surface area contributed by atoms with Gasteiger partial charge in [-0.05, 0) is 53.3 Å². The van der Waals surface area contributed by atoms with Crippen molar-refractivity contribution in [2.24, 2.45) is 5.73 Å². The van der Waals surface area contributed by atoms with Crippen molar-refractivity contribution >= 4 is 5.91 Å². The molecule has 5 rings (SSSR count). The second-order valence-corrected chi connectivity index (χ2v) is 9.63. The molecule has 3 aromatic carbocycles. The molecule has 1 amide bonds. The van der Waals surface area contributed by atoms with Gasteiger partial charge in [-0.3, -0.25) is 9.69 Å². The van der Waals surface area contributed by atoms with Crippen LogP contribution in [-0.4, -0.2) is 44.6 Å². The highest BCUT2D eigenvalue weighted by Gasteiger charge is 2.33. The van der Waals surface area contributed by atoms with Crippen LogP contribution in [0.1, 0.15) is 46.0 Å². The van der Waals surface area contributed by atoms with Crippen molar-refractivity contribution in [3.05, 3.63) is 101 Å². The molecular weight excluding hydrogens is 472 g/mol. The van der Waals surface area contributed by atoms with Gasteiger partial charge in [0.1, 0.15) is 5.82 Å². The second kappa shape index (κ2) is 10.2. The fraction of sp³-hybridized carbons (Fsp3) is 0.276. The lowest BCUT2D eigenvalue weighted by Gasteiger charge is -2.31. The van der Waals surface area contributed by atoms with Crippen molar-refractivity contribution in [1.29, 1.82) is 0 Å². The average Bonchev–Trinajstić information content (AvgIpc) is 3.29. The van der Waals surface area contributed by atoms with E-state index in [2.05, 4.69) is 63.5 Å². The predicted octanol–water partition coefficient (Wildman–Crippen LogP) is 5.16. The first-order valence-electron chi connectivity index (χ1n) is 12.4. The zero-order valence-electron chi connectivity index (χ0n) is 20.7. The molecular formula is C29H29F2N5O. The highest BCUT2D eigenvalue weighted by atomic mass is 19.3. The molecule has 190 valence electrons. The van der Waals surface area contributed by atoms with Crippen LogP contribution in [0.25, 0.3) is 16.8 Å². The Hall–Kier alpha value is -3.91. The summed E-state index contributed by atoms with van der Waals surface area (Å²) in [6.45, 7) is 3.36. The van der Waals surface area contributed by atoms with Gasteiger partial charge in [0.2, 0.25) is 5.82 Å². The average molecular weight is 502 g/mol. The van der Waals surface area contributed by atoms with E-state index in [4.69, 9.17) is 5.73 Å². The summed E-state index contributed by atoms with van der Waals surface area (Å²) in [7, 11) is 0. The third-order valence-electron chi connectivity index (χ3n) is 6.81. The second-order valence-electron chi connectivity index (χ2n) is 9.63. The number of piperidine rings is 1. The van der Waals surface area contributed by atoms with Crippen molar-refractivity contribution in [1.82, 2.24) is 19.7 Å². The van der Waals surface area contributed by atoms with Crippen LogP contribution >= 0.6 is 0 Å². The van der Waals surface area contributed by atoms with Crippen molar-refractivity contribution in [3.63, 3.8) is 0 Å². The molecule has 2 heterocycles. The fourth-order valence-electron chi connectivity index (χ4n) is 4.64. The Balaban J connectivity index is 1.19. The summed E-state index contributed by atoms with van der Waals surface area (Å²) < 4.78 is 28.4. The Morgan fingerprint density at radius 2 is 1.38 bits per heavy atom. The van der Waals surface area contributed by atoms with Gasteiger partial charge in [0.05, 0.1) is 5.69 Å². The van der Waals surface area contributed by atoms with Gasteiger partial charge in [0.15, 0.2) is 0 Å². The lowest BCUT2D eigenvalue weighted by atomic mass is 9.99. The highest BCUT2D eigenvalue weighted by molar-refractivity contribution is 5.88. The standard InChI is InChI=1S/C29H29F2N5O/c1-20-33-28(27(32)37)34-36(20)26-12-6-22(7-13-26)18-21-2-8-24(9-3-21)25-10-4-23(5-11-25)19-35-16-14-29(30,31)15-17-35/h2-13H,14-19H2,1H3,(H2,32,37). The van der Waals surface area contributed by atoms with Gasteiger partial charge in [0, 0.05) is 32.5 Å². The molecule has 4 aromatic rings. The molecule has 1 aliphatic rings. The van der Waals surface area contributed by atoms with Gasteiger partial charge in [-0.2, -0.15) is 0 Å². The zero-order chi connectivity index (χ0) is 26.0. The summed E-state index contributed by atoms with van der Waals surface area (Å²) in [4.78, 5) is 17.5. The van der Waals surface area contributed by atoms with Crippen LogP contribution in [0, 0.1) is 6.92 Å². The van der Waals surface area contributed by atoms with Crippen LogP contribution in [0.3, 0.4) is 0 Å². The number of hydrogen-bond donors (Lipinski definition) is 1. The summed E-state index contributed by atoms with van der Waals surface area (Å²) in [6.07, 6.45) is 0.680.